The molecule has 1 heterocycles. The van der Waals surface area contributed by atoms with Crippen LogP contribution in [0.15, 0.2) is 24.3 Å². The van der Waals surface area contributed by atoms with Crippen molar-refractivity contribution >= 4 is 11.7 Å². The first-order valence-corrected chi connectivity index (χ1v) is 6.46. The number of rotatable bonds is 2. The Morgan fingerprint density at radius 1 is 1.32 bits per heavy atom. The van der Waals surface area contributed by atoms with Gasteiger partial charge in [0.1, 0.15) is 5.75 Å². The van der Waals surface area contributed by atoms with Crippen LogP contribution in [0.5, 0.6) is 5.75 Å². The highest BCUT2D eigenvalue weighted by Gasteiger charge is 2.40. The summed E-state index contributed by atoms with van der Waals surface area (Å²) in [6.07, 6.45) is 1.27. The summed E-state index contributed by atoms with van der Waals surface area (Å²) < 4.78 is 5.22. The lowest BCUT2D eigenvalue weighted by Crippen LogP contribution is -2.56. The molecule has 1 aliphatic rings. The Bertz CT molecular complexity index is 508. The molecule has 0 N–H and O–H groups in total. The van der Waals surface area contributed by atoms with Gasteiger partial charge in [-0.05, 0) is 32.4 Å². The summed E-state index contributed by atoms with van der Waals surface area (Å²) in [6.45, 7) is 4.22. The van der Waals surface area contributed by atoms with Crippen LogP contribution < -0.4 is 4.74 Å². The molecule has 1 aromatic carbocycles. The number of para-hydroxylation sites is 1. The highest BCUT2D eigenvalue weighted by molar-refractivity contribution is 6.01. The molecule has 1 fully saturated rings. The fourth-order valence-electron chi connectivity index (χ4n) is 2.46. The molecular formula is C15H19NO3. The molecule has 0 spiro atoms. The van der Waals surface area contributed by atoms with Crippen LogP contribution in [-0.2, 0) is 4.79 Å². The van der Waals surface area contributed by atoms with E-state index in [4.69, 9.17) is 4.74 Å². The van der Waals surface area contributed by atoms with Gasteiger partial charge in [0, 0.05) is 13.0 Å². The lowest BCUT2D eigenvalue weighted by molar-refractivity contribution is -0.130. The number of carbonyl (C=O) groups excluding carboxylic acids is 2. The van der Waals surface area contributed by atoms with Crippen molar-refractivity contribution < 1.29 is 14.3 Å². The molecule has 1 amide bonds. The molecule has 1 aliphatic heterocycles. The molecule has 0 aliphatic carbocycles. The minimum absolute atomic E-state index is 0.113. The van der Waals surface area contributed by atoms with Gasteiger partial charge in [0.15, 0.2) is 5.78 Å². The molecule has 2 rings (SSSR count). The number of Topliss-reactive ketones (excluding diaryl/α,β-unsaturated/α-hetero) is 1. The van der Waals surface area contributed by atoms with Gasteiger partial charge in [-0.3, -0.25) is 9.59 Å². The second kappa shape index (κ2) is 5.03. The first-order valence-electron chi connectivity index (χ1n) is 6.46. The van der Waals surface area contributed by atoms with Crippen molar-refractivity contribution in [2.75, 3.05) is 13.7 Å². The summed E-state index contributed by atoms with van der Waals surface area (Å²) in [6, 6.07) is 7.11. The van der Waals surface area contributed by atoms with E-state index in [1.54, 1.807) is 30.2 Å². The molecular weight excluding hydrogens is 242 g/mol. The smallest absolute Gasteiger partial charge is 0.258 e. The van der Waals surface area contributed by atoms with Crippen LogP contribution in [0, 0.1) is 0 Å². The molecule has 102 valence electrons. The van der Waals surface area contributed by atoms with E-state index in [0.717, 1.165) is 6.42 Å². The summed E-state index contributed by atoms with van der Waals surface area (Å²) in [4.78, 5) is 26.3. The van der Waals surface area contributed by atoms with E-state index in [1.807, 2.05) is 19.9 Å². The molecule has 1 aromatic rings. The maximum Gasteiger partial charge on any atom is 0.258 e. The van der Waals surface area contributed by atoms with Crippen molar-refractivity contribution in [2.45, 2.75) is 32.2 Å². The Labute approximate surface area is 113 Å². The fraction of sp³-hybridized carbons (Fsp3) is 0.467. The van der Waals surface area contributed by atoms with Crippen LogP contribution in [0.3, 0.4) is 0 Å². The molecule has 19 heavy (non-hydrogen) atoms. The zero-order valence-electron chi connectivity index (χ0n) is 11.6. The number of amides is 1. The Kier molecular flexibility index (Phi) is 3.60. The lowest BCUT2D eigenvalue weighted by atomic mass is 9.88. The zero-order valence-corrected chi connectivity index (χ0v) is 11.6. The van der Waals surface area contributed by atoms with Crippen LogP contribution in [0.25, 0.3) is 0 Å². The van der Waals surface area contributed by atoms with E-state index in [0.29, 0.717) is 24.3 Å². The lowest BCUT2D eigenvalue weighted by Gasteiger charge is -2.41. The molecule has 0 radical (unpaired) electrons. The van der Waals surface area contributed by atoms with Crippen LogP contribution in [0.4, 0.5) is 0 Å². The predicted octanol–water partition coefficient (Wildman–Crippen LogP) is 2.28. The number of likely N-dealkylation sites (tertiary alicyclic amines) is 1. The van der Waals surface area contributed by atoms with E-state index >= 15 is 0 Å². The van der Waals surface area contributed by atoms with Gasteiger partial charge in [0.25, 0.3) is 5.91 Å². The average molecular weight is 261 g/mol. The maximum absolute atomic E-state index is 12.6. The van der Waals surface area contributed by atoms with Gasteiger partial charge in [-0.1, -0.05) is 12.1 Å². The molecule has 0 atom stereocenters. The molecule has 0 unspecified atom stereocenters. The third-order valence-electron chi connectivity index (χ3n) is 3.73. The quantitative estimate of drug-likeness (QED) is 0.820. The Morgan fingerprint density at radius 2 is 2.00 bits per heavy atom. The summed E-state index contributed by atoms with van der Waals surface area (Å²) in [7, 11) is 1.54. The Hall–Kier alpha value is -1.84. The van der Waals surface area contributed by atoms with Crippen molar-refractivity contribution in [1.29, 1.82) is 0 Å². The number of piperidine rings is 1. The van der Waals surface area contributed by atoms with E-state index in [-0.39, 0.29) is 11.7 Å². The second-order valence-electron chi connectivity index (χ2n) is 5.24. The van der Waals surface area contributed by atoms with Gasteiger partial charge in [0.2, 0.25) is 0 Å². The highest BCUT2D eigenvalue weighted by Crippen LogP contribution is 2.28. The van der Waals surface area contributed by atoms with Crippen LogP contribution >= 0.6 is 0 Å². The topological polar surface area (TPSA) is 46.6 Å². The van der Waals surface area contributed by atoms with Gasteiger partial charge >= 0.3 is 0 Å². The SMILES string of the molecule is COc1ccccc1C(=O)N1CCCC(=O)C1(C)C. The number of hydrogen-bond acceptors (Lipinski definition) is 3. The molecule has 4 nitrogen and oxygen atoms in total. The van der Waals surface area contributed by atoms with Gasteiger partial charge in [-0.2, -0.15) is 0 Å². The maximum atomic E-state index is 12.6. The number of ketones is 1. The minimum Gasteiger partial charge on any atom is -0.496 e. The summed E-state index contributed by atoms with van der Waals surface area (Å²) in [5, 5.41) is 0. The van der Waals surface area contributed by atoms with Crippen LogP contribution in [0.2, 0.25) is 0 Å². The number of ether oxygens (including phenoxy) is 1. The second-order valence-corrected chi connectivity index (χ2v) is 5.24. The van der Waals surface area contributed by atoms with Gasteiger partial charge in [-0.25, -0.2) is 0 Å². The third kappa shape index (κ3) is 2.35. The minimum atomic E-state index is -0.740. The van der Waals surface area contributed by atoms with Crippen molar-refractivity contribution in [3.8, 4) is 5.75 Å². The summed E-state index contributed by atoms with van der Waals surface area (Å²) >= 11 is 0. The number of hydrogen-bond donors (Lipinski definition) is 0. The van der Waals surface area contributed by atoms with Gasteiger partial charge < -0.3 is 9.64 Å². The summed E-state index contributed by atoms with van der Waals surface area (Å²) in [5.74, 6) is 0.513. The van der Waals surface area contributed by atoms with Crippen molar-refractivity contribution in [2.24, 2.45) is 0 Å². The van der Waals surface area contributed by atoms with Gasteiger partial charge in [0.05, 0.1) is 18.2 Å². The van der Waals surface area contributed by atoms with Crippen molar-refractivity contribution in [3.63, 3.8) is 0 Å². The number of methoxy groups -OCH3 is 1. The molecule has 0 aromatic heterocycles. The largest absolute Gasteiger partial charge is 0.496 e. The Balaban J connectivity index is 2.35. The van der Waals surface area contributed by atoms with Crippen LogP contribution in [-0.4, -0.2) is 35.8 Å². The average Bonchev–Trinajstić information content (AvgIpc) is 2.41. The van der Waals surface area contributed by atoms with Crippen LogP contribution in [0.1, 0.15) is 37.0 Å². The van der Waals surface area contributed by atoms with E-state index in [2.05, 4.69) is 0 Å². The zero-order chi connectivity index (χ0) is 14.0. The molecule has 1 saturated heterocycles. The van der Waals surface area contributed by atoms with Gasteiger partial charge in [-0.15, -0.1) is 0 Å². The number of benzene rings is 1. The first kappa shape index (κ1) is 13.6. The van der Waals surface area contributed by atoms with E-state index in [9.17, 15) is 9.59 Å². The first-order chi connectivity index (χ1) is 8.98. The molecule has 4 heteroatoms. The fourth-order valence-corrected chi connectivity index (χ4v) is 2.46. The number of nitrogens with zero attached hydrogens (tertiary/aromatic N) is 1. The summed E-state index contributed by atoms with van der Waals surface area (Å²) in [5.41, 5.74) is -0.233. The normalized spacial score (nSPS) is 18.3. The van der Waals surface area contributed by atoms with E-state index < -0.39 is 5.54 Å². The van der Waals surface area contributed by atoms with Crippen molar-refractivity contribution in [1.82, 2.24) is 4.90 Å². The molecule has 0 bridgehead atoms. The monoisotopic (exact) mass is 261 g/mol. The third-order valence-corrected chi connectivity index (χ3v) is 3.73. The highest BCUT2D eigenvalue weighted by atomic mass is 16.5. The van der Waals surface area contributed by atoms with Crippen molar-refractivity contribution in [3.05, 3.63) is 29.8 Å². The molecule has 0 saturated carbocycles. The van der Waals surface area contributed by atoms with E-state index in [1.165, 1.54) is 0 Å². The Morgan fingerprint density at radius 3 is 2.68 bits per heavy atom. The standard InChI is InChI=1S/C15H19NO3/c1-15(2)13(17)9-6-10-16(15)14(18)11-7-4-5-8-12(11)19-3/h4-5,7-8H,6,9-10H2,1-3H3. The predicted molar refractivity (Wildman–Crippen MR) is 72.4 cm³/mol. The number of carbonyl (C=O) groups is 2.